The van der Waals surface area contributed by atoms with Crippen LogP contribution in [0.15, 0.2) is 45.7 Å². The summed E-state index contributed by atoms with van der Waals surface area (Å²) in [5.74, 6) is 1.15. The van der Waals surface area contributed by atoms with Crippen molar-refractivity contribution in [2.24, 2.45) is 0 Å². The van der Waals surface area contributed by atoms with Gasteiger partial charge >= 0.3 is 0 Å². The van der Waals surface area contributed by atoms with E-state index in [1.807, 2.05) is 0 Å². The van der Waals surface area contributed by atoms with E-state index in [-0.39, 0.29) is 0 Å². The molecule has 5 nitrogen and oxygen atoms in total. The molecule has 2 heterocycles. The summed E-state index contributed by atoms with van der Waals surface area (Å²) >= 11 is 5.80. The molecule has 17 heavy (non-hydrogen) atoms. The van der Waals surface area contributed by atoms with Gasteiger partial charge in [0.1, 0.15) is 0 Å². The molecule has 3 rings (SSSR count). The first-order valence-electron chi connectivity index (χ1n) is 4.81. The lowest BCUT2D eigenvalue weighted by atomic mass is 10.2. The second-order valence-electron chi connectivity index (χ2n) is 3.28. The van der Waals surface area contributed by atoms with Gasteiger partial charge in [0, 0.05) is 10.6 Å². The summed E-state index contributed by atoms with van der Waals surface area (Å²) in [6.07, 6.45) is 2.82. The number of oxazole rings is 1. The second kappa shape index (κ2) is 4.03. The van der Waals surface area contributed by atoms with Gasteiger partial charge in [-0.1, -0.05) is 11.6 Å². The molecule has 2 aromatic heterocycles. The van der Waals surface area contributed by atoms with Crippen LogP contribution in [0, 0.1) is 0 Å². The van der Waals surface area contributed by atoms with Crippen molar-refractivity contribution in [1.29, 1.82) is 0 Å². The molecular formula is C11H6ClN3O2. The van der Waals surface area contributed by atoms with Gasteiger partial charge in [0.05, 0.1) is 6.20 Å². The molecular weight excluding hydrogens is 242 g/mol. The molecule has 0 N–H and O–H groups in total. The minimum atomic E-state index is 0.299. The molecule has 3 aromatic rings. The van der Waals surface area contributed by atoms with E-state index in [2.05, 4.69) is 15.2 Å². The average molecular weight is 248 g/mol. The standard InChI is InChI=1S/C11H6ClN3O2/c12-8-3-1-7(2-4-8)10-14-15-11(17-10)9-5-13-6-16-9/h1-6H. The fourth-order valence-corrected chi connectivity index (χ4v) is 1.48. The molecule has 0 fully saturated rings. The number of hydrogen-bond acceptors (Lipinski definition) is 5. The van der Waals surface area contributed by atoms with Gasteiger partial charge in [-0.25, -0.2) is 4.98 Å². The molecule has 0 amide bonds. The molecule has 1 aromatic carbocycles. The number of halogens is 1. The predicted molar refractivity (Wildman–Crippen MR) is 60.2 cm³/mol. The highest BCUT2D eigenvalue weighted by molar-refractivity contribution is 6.30. The average Bonchev–Trinajstić information content (AvgIpc) is 3.00. The van der Waals surface area contributed by atoms with Crippen molar-refractivity contribution in [1.82, 2.24) is 15.2 Å². The summed E-state index contributed by atoms with van der Waals surface area (Å²) in [5.41, 5.74) is 0.799. The molecule has 84 valence electrons. The van der Waals surface area contributed by atoms with Crippen LogP contribution in [0.25, 0.3) is 23.1 Å². The molecule has 0 radical (unpaired) electrons. The highest BCUT2D eigenvalue weighted by Crippen LogP contribution is 2.24. The van der Waals surface area contributed by atoms with Gasteiger partial charge in [-0.3, -0.25) is 0 Å². The number of benzene rings is 1. The summed E-state index contributed by atoms with van der Waals surface area (Å²) in [7, 11) is 0. The fraction of sp³-hybridized carbons (Fsp3) is 0. The number of aromatic nitrogens is 3. The number of rotatable bonds is 2. The second-order valence-corrected chi connectivity index (χ2v) is 3.72. The van der Waals surface area contributed by atoms with E-state index in [0.29, 0.717) is 22.6 Å². The Morgan fingerprint density at radius 2 is 1.76 bits per heavy atom. The van der Waals surface area contributed by atoms with Gasteiger partial charge in [-0.15, -0.1) is 10.2 Å². The quantitative estimate of drug-likeness (QED) is 0.696. The van der Waals surface area contributed by atoms with Gasteiger partial charge in [0.2, 0.25) is 11.7 Å². The zero-order valence-electron chi connectivity index (χ0n) is 8.50. The molecule has 0 aliphatic heterocycles. The van der Waals surface area contributed by atoms with Gasteiger partial charge in [-0.05, 0) is 24.3 Å². The van der Waals surface area contributed by atoms with E-state index in [1.54, 1.807) is 24.3 Å². The Morgan fingerprint density at radius 1 is 1.00 bits per heavy atom. The minimum absolute atomic E-state index is 0.299. The minimum Gasteiger partial charge on any atom is -0.438 e. The highest BCUT2D eigenvalue weighted by Gasteiger charge is 2.12. The van der Waals surface area contributed by atoms with Crippen LogP contribution in [0.2, 0.25) is 5.02 Å². The van der Waals surface area contributed by atoms with E-state index in [9.17, 15) is 0 Å². The SMILES string of the molecule is Clc1ccc(-c2nnc(-c3cnco3)o2)cc1. The molecule has 6 heteroatoms. The first-order chi connectivity index (χ1) is 8.33. The fourth-order valence-electron chi connectivity index (χ4n) is 1.35. The topological polar surface area (TPSA) is 65.0 Å². The van der Waals surface area contributed by atoms with Crippen LogP contribution < -0.4 is 0 Å². The Hall–Kier alpha value is -2.14. The van der Waals surface area contributed by atoms with E-state index in [0.717, 1.165) is 5.56 Å². The molecule has 0 saturated carbocycles. The van der Waals surface area contributed by atoms with Crippen molar-refractivity contribution < 1.29 is 8.83 Å². The highest BCUT2D eigenvalue weighted by atomic mass is 35.5. The summed E-state index contributed by atoms with van der Waals surface area (Å²) in [5, 5.41) is 8.45. The van der Waals surface area contributed by atoms with Crippen molar-refractivity contribution in [3.8, 4) is 23.1 Å². The smallest absolute Gasteiger partial charge is 0.285 e. The number of hydrogen-bond donors (Lipinski definition) is 0. The van der Waals surface area contributed by atoms with E-state index in [1.165, 1.54) is 12.6 Å². The largest absolute Gasteiger partial charge is 0.438 e. The summed E-state index contributed by atoms with van der Waals surface area (Å²) in [6.45, 7) is 0. The van der Waals surface area contributed by atoms with Gasteiger partial charge < -0.3 is 8.83 Å². The lowest BCUT2D eigenvalue weighted by Gasteiger charge is -1.93. The van der Waals surface area contributed by atoms with Gasteiger partial charge in [0.15, 0.2) is 6.39 Å². The lowest BCUT2D eigenvalue weighted by molar-refractivity contribution is 0.519. The Labute approximate surface area is 101 Å². The third kappa shape index (κ3) is 1.92. The molecule has 0 aliphatic carbocycles. The van der Waals surface area contributed by atoms with Crippen LogP contribution >= 0.6 is 11.6 Å². The molecule has 0 unspecified atom stereocenters. The summed E-state index contributed by atoms with van der Waals surface area (Å²) < 4.78 is 10.5. The van der Waals surface area contributed by atoms with Gasteiger partial charge in [0.25, 0.3) is 5.89 Å². The van der Waals surface area contributed by atoms with Crippen LogP contribution in [0.5, 0.6) is 0 Å². The van der Waals surface area contributed by atoms with Crippen molar-refractivity contribution in [3.63, 3.8) is 0 Å². The first-order valence-corrected chi connectivity index (χ1v) is 5.19. The molecule has 0 bridgehead atoms. The first kappa shape index (κ1) is 10.0. The maximum atomic E-state index is 5.80. The molecule has 0 aliphatic rings. The molecule has 0 spiro atoms. The van der Waals surface area contributed by atoms with Gasteiger partial charge in [-0.2, -0.15) is 0 Å². The zero-order valence-corrected chi connectivity index (χ0v) is 9.26. The third-order valence-electron chi connectivity index (χ3n) is 2.16. The van der Waals surface area contributed by atoms with E-state index < -0.39 is 0 Å². The van der Waals surface area contributed by atoms with E-state index >= 15 is 0 Å². The monoisotopic (exact) mass is 247 g/mol. The zero-order chi connectivity index (χ0) is 11.7. The van der Waals surface area contributed by atoms with Crippen LogP contribution in [0.1, 0.15) is 0 Å². The Kier molecular flexibility index (Phi) is 2.38. The van der Waals surface area contributed by atoms with Crippen molar-refractivity contribution in [3.05, 3.63) is 41.9 Å². The predicted octanol–water partition coefficient (Wildman–Crippen LogP) is 3.05. The maximum Gasteiger partial charge on any atom is 0.285 e. The third-order valence-corrected chi connectivity index (χ3v) is 2.41. The van der Waals surface area contributed by atoms with Crippen molar-refractivity contribution >= 4 is 11.6 Å². The molecule has 0 saturated heterocycles. The maximum absolute atomic E-state index is 5.80. The lowest BCUT2D eigenvalue weighted by Crippen LogP contribution is -1.76. The van der Waals surface area contributed by atoms with Crippen LogP contribution in [0.3, 0.4) is 0 Å². The van der Waals surface area contributed by atoms with Crippen LogP contribution in [-0.4, -0.2) is 15.2 Å². The Bertz CT molecular complexity index is 616. The normalized spacial score (nSPS) is 10.6. The summed E-state index contributed by atoms with van der Waals surface area (Å²) in [6, 6.07) is 7.13. The number of nitrogens with zero attached hydrogens (tertiary/aromatic N) is 3. The van der Waals surface area contributed by atoms with Crippen LogP contribution in [-0.2, 0) is 0 Å². The summed E-state index contributed by atoms with van der Waals surface area (Å²) in [4.78, 5) is 3.78. The molecule has 0 atom stereocenters. The van der Waals surface area contributed by atoms with E-state index in [4.69, 9.17) is 20.4 Å². The Balaban J connectivity index is 1.98. The van der Waals surface area contributed by atoms with Crippen molar-refractivity contribution in [2.75, 3.05) is 0 Å². The van der Waals surface area contributed by atoms with Crippen LogP contribution in [0.4, 0.5) is 0 Å². The van der Waals surface area contributed by atoms with Crippen molar-refractivity contribution in [2.45, 2.75) is 0 Å². The Morgan fingerprint density at radius 3 is 2.47 bits per heavy atom.